The molecular weight excluding hydrogens is 436 g/mol. The van der Waals surface area contributed by atoms with Gasteiger partial charge in [0, 0.05) is 6.54 Å². The van der Waals surface area contributed by atoms with Gasteiger partial charge >= 0.3 is 6.09 Å². The lowest BCUT2D eigenvalue weighted by molar-refractivity contribution is 0.0528. The molecule has 1 spiro atoms. The van der Waals surface area contributed by atoms with Gasteiger partial charge in [0.2, 0.25) is 0 Å². The first-order chi connectivity index (χ1) is 15.4. The Morgan fingerprint density at radius 1 is 1.30 bits per heavy atom. The number of rotatable bonds is 5. The van der Waals surface area contributed by atoms with E-state index in [9.17, 15) is 9.59 Å². The lowest BCUT2D eigenvalue weighted by atomic mass is 10.0. The number of carbonyl (C=O) groups is 2. The molecular formula is C25H36N2O5Si. The first kappa shape index (κ1) is 23.8. The molecule has 0 radical (unpaired) electrons. The van der Waals surface area contributed by atoms with Crippen LogP contribution in [0.1, 0.15) is 50.4 Å². The summed E-state index contributed by atoms with van der Waals surface area (Å²) in [6.45, 7) is 15.3. The molecule has 1 saturated carbocycles. The van der Waals surface area contributed by atoms with Gasteiger partial charge in [-0.3, -0.25) is 4.79 Å². The van der Waals surface area contributed by atoms with Gasteiger partial charge in [0.25, 0.3) is 5.91 Å². The Kier molecular flexibility index (Phi) is 5.89. The van der Waals surface area contributed by atoms with E-state index in [1.165, 1.54) is 0 Å². The average molecular weight is 473 g/mol. The van der Waals surface area contributed by atoms with E-state index in [0.29, 0.717) is 23.5 Å². The van der Waals surface area contributed by atoms with Gasteiger partial charge < -0.3 is 18.8 Å². The Bertz CT molecular complexity index is 966. The number of fused-ring (bicyclic) bond motifs is 2. The van der Waals surface area contributed by atoms with Crippen LogP contribution in [0, 0.1) is 5.41 Å². The third kappa shape index (κ3) is 4.19. The van der Waals surface area contributed by atoms with Gasteiger partial charge in [-0.25, -0.2) is 9.69 Å². The molecule has 4 rings (SSSR count). The summed E-state index contributed by atoms with van der Waals surface area (Å²) < 4.78 is 17.9. The third-order valence-electron chi connectivity index (χ3n) is 7.79. The summed E-state index contributed by atoms with van der Waals surface area (Å²) in [7, 11) is -0.743. The highest BCUT2D eigenvalue weighted by molar-refractivity contribution is 6.74. The molecule has 180 valence electrons. The van der Waals surface area contributed by atoms with Crippen LogP contribution in [-0.2, 0) is 9.16 Å². The van der Waals surface area contributed by atoms with Gasteiger partial charge in [-0.15, -0.1) is 0 Å². The number of methoxy groups -OCH3 is 1. The highest BCUT2D eigenvalue weighted by atomic mass is 28.4. The molecule has 2 heterocycles. The molecule has 0 N–H and O–H groups in total. The zero-order valence-electron chi connectivity index (χ0n) is 20.6. The maximum Gasteiger partial charge on any atom is 0.416 e. The second-order valence-electron chi connectivity index (χ2n) is 11.1. The smallest absolute Gasteiger partial charge is 0.416 e. The van der Waals surface area contributed by atoms with Crippen molar-refractivity contribution in [1.82, 2.24) is 4.90 Å². The quantitative estimate of drug-likeness (QED) is 0.436. The minimum absolute atomic E-state index is 0.0660. The van der Waals surface area contributed by atoms with Crippen molar-refractivity contribution >= 4 is 26.0 Å². The molecule has 2 aliphatic heterocycles. The van der Waals surface area contributed by atoms with Crippen molar-refractivity contribution in [2.24, 2.45) is 5.41 Å². The normalized spacial score (nSPS) is 23.6. The number of carbonyl (C=O) groups excluding carboxylic acids is 2. The van der Waals surface area contributed by atoms with Gasteiger partial charge in [0.15, 0.2) is 14.5 Å². The van der Waals surface area contributed by atoms with E-state index in [1.807, 2.05) is 4.90 Å². The molecule has 33 heavy (non-hydrogen) atoms. The minimum Gasteiger partial charge on any atom is -0.497 e. The van der Waals surface area contributed by atoms with Crippen LogP contribution in [0.3, 0.4) is 0 Å². The lowest BCUT2D eigenvalue weighted by Gasteiger charge is -2.44. The van der Waals surface area contributed by atoms with Crippen molar-refractivity contribution in [1.29, 1.82) is 0 Å². The average Bonchev–Trinajstić information content (AvgIpc) is 3.41. The van der Waals surface area contributed by atoms with Gasteiger partial charge in [-0.1, -0.05) is 33.4 Å². The van der Waals surface area contributed by atoms with Crippen LogP contribution >= 0.6 is 0 Å². The summed E-state index contributed by atoms with van der Waals surface area (Å²) >= 11 is 0. The maximum atomic E-state index is 13.8. The number of hydrogen-bond acceptors (Lipinski definition) is 5. The molecule has 3 aliphatic rings. The molecule has 1 aromatic rings. The molecule has 0 aromatic heterocycles. The summed E-state index contributed by atoms with van der Waals surface area (Å²) in [5.74, 6) is 0.489. The van der Waals surface area contributed by atoms with Gasteiger partial charge in [-0.05, 0) is 61.0 Å². The van der Waals surface area contributed by atoms with E-state index in [2.05, 4.69) is 40.4 Å². The second-order valence-corrected chi connectivity index (χ2v) is 15.8. The monoisotopic (exact) mass is 472 g/mol. The van der Waals surface area contributed by atoms with Crippen LogP contribution in [0.5, 0.6) is 5.75 Å². The molecule has 0 bridgehead atoms. The molecule has 2 unspecified atom stereocenters. The molecule has 1 aromatic carbocycles. The molecule has 7 nitrogen and oxygen atoms in total. The molecule has 1 saturated heterocycles. The number of ether oxygens (including phenoxy) is 2. The predicted octanol–water partition coefficient (Wildman–Crippen LogP) is 5.18. The van der Waals surface area contributed by atoms with E-state index in [-0.39, 0.29) is 29.0 Å². The van der Waals surface area contributed by atoms with Crippen LogP contribution in [0.4, 0.5) is 10.5 Å². The summed E-state index contributed by atoms with van der Waals surface area (Å²) in [5, 5.41) is -0.0660. The van der Waals surface area contributed by atoms with E-state index >= 15 is 0 Å². The Morgan fingerprint density at radius 3 is 2.58 bits per heavy atom. The number of nitrogens with zero attached hydrogens (tertiary/aromatic N) is 2. The number of benzene rings is 1. The Labute approximate surface area is 197 Å². The third-order valence-corrected chi connectivity index (χ3v) is 12.2. The first-order valence-corrected chi connectivity index (χ1v) is 14.6. The fraction of sp³-hybridized carbons (Fsp3) is 0.600. The summed E-state index contributed by atoms with van der Waals surface area (Å²) in [6.07, 6.45) is 3.42. The second kappa shape index (κ2) is 8.16. The Balaban J connectivity index is 1.87. The van der Waals surface area contributed by atoms with Gasteiger partial charge in [0.05, 0.1) is 24.4 Å². The van der Waals surface area contributed by atoms with Crippen molar-refractivity contribution in [2.75, 3.05) is 25.2 Å². The SMILES string of the molecule is C=CCOC(=O)N1c2ccc(OC)cc2C(=O)N2CC3(CC3)CC2C1O[Si](C)(C)C(C)(C)C. The summed E-state index contributed by atoms with van der Waals surface area (Å²) in [6, 6.07) is 5.01. The topological polar surface area (TPSA) is 68.3 Å². The fourth-order valence-electron chi connectivity index (χ4n) is 4.61. The van der Waals surface area contributed by atoms with Gasteiger partial charge in [0.1, 0.15) is 12.4 Å². The van der Waals surface area contributed by atoms with Crippen LogP contribution in [0.25, 0.3) is 0 Å². The predicted molar refractivity (Wildman–Crippen MR) is 130 cm³/mol. The first-order valence-electron chi connectivity index (χ1n) is 11.7. The van der Waals surface area contributed by atoms with Crippen molar-refractivity contribution < 1.29 is 23.5 Å². The van der Waals surface area contributed by atoms with Crippen molar-refractivity contribution in [3.05, 3.63) is 36.4 Å². The zero-order chi connectivity index (χ0) is 24.2. The lowest BCUT2D eigenvalue weighted by Crippen LogP contribution is -2.58. The molecule has 2 fully saturated rings. The summed E-state index contributed by atoms with van der Waals surface area (Å²) in [5.41, 5.74) is 1.08. The van der Waals surface area contributed by atoms with Crippen LogP contribution in [0.2, 0.25) is 18.1 Å². The highest BCUT2D eigenvalue weighted by Gasteiger charge is 2.59. The number of amides is 2. The van der Waals surface area contributed by atoms with E-state index in [0.717, 1.165) is 19.3 Å². The fourth-order valence-corrected chi connectivity index (χ4v) is 5.83. The van der Waals surface area contributed by atoms with Crippen molar-refractivity contribution in [3.63, 3.8) is 0 Å². The summed E-state index contributed by atoms with van der Waals surface area (Å²) in [4.78, 5) is 30.8. The Hall–Kier alpha value is -2.32. The van der Waals surface area contributed by atoms with Crippen LogP contribution in [-0.4, -0.2) is 57.7 Å². The van der Waals surface area contributed by atoms with E-state index in [4.69, 9.17) is 13.9 Å². The van der Waals surface area contributed by atoms with E-state index < -0.39 is 20.6 Å². The maximum absolute atomic E-state index is 13.8. The van der Waals surface area contributed by atoms with E-state index in [1.54, 1.807) is 36.3 Å². The molecule has 2 atom stereocenters. The largest absolute Gasteiger partial charge is 0.497 e. The van der Waals surface area contributed by atoms with Gasteiger partial charge in [-0.2, -0.15) is 0 Å². The number of anilines is 1. The standard InChI is InChI=1S/C25H36N2O5Si/c1-8-13-31-23(29)27-19-10-9-17(30-5)14-18(19)21(28)26-16-25(11-12-25)15-20(26)22(27)32-33(6,7)24(2,3)4/h8-10,14,20,22H,1,11-13,15-16H2,2-7H3. The number of hydrogen-bond donors (Lipinski definition) is 0. The highest BCUT2D eigenvalue weighted by Crippen LogP contribution is 2.57. The van der Waals surface area contributed by atoms with Crippen LogP contribution in [0.15, 0.2) is 30.9 Å². The molecule has 2 amide bonds. The minimum atomic E-state index is -2.31. The van der Waals surface area contributed by atoms with Crippen molar-refractivity contribution in [3.8, 4) is 5.75 Å². The Morgan fingerprint density at radius 2 is 2.00 bits per heavy atom. The van der Waals surface area contributed by atoms with Crippen LogP contribution < -0.4 is 9.64 Å². The zero-order valence-corrected chi connectivity index (χ0v) is 21.6. The molecule has 8 heteroatoms. The molecule has 1 aliphatic carbocycles. The van der Waals surface area contributed by atoms with Crippen molar-refractivity contribution in [2.45, 2.75) is 70.4 Å².